The van der Waals surface area contributed by atoms with Crippen molar-refractivity contribution >= 4 is 35.8 Å². The SMILES string of the molecule is CCCCCCCCCCCCCc1ccc(OC(=O)c2c(C(=O)Oc3ccc(CCCCCCCCCCCCC)cc3)c(C(=O)Oc3ccc(CCCCCCCCCCCCC)cc3)c(C(=O)Oc3ccc(CCCCCCCCCCCCC)cc3)c(C(=O)Oc3ccc(CCCCCCCCCCCCC)cc3)c2C(=O)Oc2ccc(CCCCCCCCCCCCC)cc2)cc1. The molecular formula is C126H186O12. The van der Waals surface area contributed by atoms with E-state index in [2.05, 4.69) is 41.5 Å². The monoisotopic (exact) mass is 1890 g/mol. The summed E-state index contributed by atoms with van der Waals surface area (Å²) < 4.78 is 38.8. The van der Waals surface area contributed by atoms with Gasteiger partial charge in [-0.25, -0.2) is 28.8 Å². The van der Waals surface area contributed by atoms with Gasteiger partial charge in [0.2, 0.25) is 0 Å². The predicted octanol–water partition coefficient (Wildman–Crippen LogP) is 38.1. The van der Waals surface area contributed by atoms with Crippen molar-refractivity contribution in [1.29, 1.82) is 0 Å². The molecule has 0 heterocycles. The molecule has 7 rings (SSSR count). The first-order valence-corrected chi connectivity index (χ1v) is 57.0. The van der Waals surface area contributed by atoms with Crippen molar-refractivity contribution in [3.63, 3.8) is 0 Å². The third kappa shape index (κ3) is 50.2. The summed E-state index contributed by atoms with van der Waals surface area (Å²) in [5, 5.41) is 0. The van der Waals surface area contributed by atoms with Crippen LogP contribution in [0.25, 0.3) is 0 Å². The van der Waals surface area contributed by atoms with E-state index in [1.165, 1.54) is 308 Å². The van der Waals surface area contributed by atoms with Crippen LogP contribution in [-0.2, 0) is 38.5 Å². The molecule has 0 atom stereocenters. The van der Waals surface area contributed by atoms with Crippen LogP contribution in [0.15, 0.2) is 146 Å². The van der Waals surface area contributed by atoms with Gasteiger partial charge in [0.25, 0.3) is 0 Å². The van der Waals surface area contributed by atoms with Crippen LogP contribution in [0.4, 0.5) is 0 Å². The largest absolute Gasteiger partial charge is 0.423 e. The summed E-state index contributed by atoms with van der Waals surface area (Å²) in [5.41, 5.74) is 0.573. The van der Waals surface area contributed by atoms with Gasteiger partial charge >= 0.3 is 35.8 Å². The minimum atomic E-state index is -1.36. The molecule has 0 spiro atoms. The topological polar surface area (TPSA) is 158 Å². The molecule has 762 valence electrons. The van der Waals surface area contributed by atoms with Crippen LogP contribution in [0.3, 0.4) is 0 Å². The van der Waals surface area contributed by atoms with Gasteiger partial charge in [-0.2, -0.15) is 0 Å². The van der Waals surface area contributed by atoms with Crippen LogP contribution < -0.4 is 28.4 Å². The van der Waals surface area contributed by atoms with Gasteiger partial charge in [-0.15, -0.1) is 0 Å². The first kappa shape index (κ1) is 116. The number of esters is 6. The van der Waals surface area contributed by atoms with Crippen LogP contribution in [0.5, 0.6) is 34.5 Å². The maximum absolute atomic E-state index is 16.5. The van der Waals surface area contributed by atoms with Crippen molar-refractivity contribution in [3.05, 3.63) is 212 Å². The summed E-state index contributed by atoms with van der Waals surface area (Å²) in [6.45, 7) is 13.5. The van der Waals surface area contributed by atoms with Crippen LogP contribution in [-0.4, -0.2) is 35.8 Å². The van der Waals surface area contributed by atoms with E-state index in [0.717, 1.165) is 187 Å². The molecule has 0 saturated carbocycles. The third-order valence-electron chi connectivity index (χ3n) is 27.9. The lowest BCUT2D eigenvalue weighted by Gasteiger charge is -2.22. The summed E-state index contributed by atoms with van der Waals surface area (Å²) in [4.78, 5) is 99.2. The van der Waals surface area contributed by atoms with Gasteiger partial charge in [0.1, 0.15) is 34.5 Å². The van der Waals surface area contributed by atoms with Crippen molar-refractivity contribution in [2.45, 2.75) is 504 Å². The second-order valence-electron chi connectivity index (χ2n) is 40.2. The Balaban J connectivity index is 1.37. The van der Waals surface area contributed by atoms with E-state index < -0.39 is 69.2 Å². The molecule has 0 saturated heterocycles. The summed E-state index contributed by atoms with van der Waals surface area (Å²) in [6, 6.07) is 42.4. The van der Waals surface area contributed by atoms with Gasteiger partial charge in [0.15, 0.2) is 0 Å². The molecule has 12 heteroatoms. The van der Waals surface area contributed by atoms with E-state index in [1.807, 2.05) is 72.8 Å². The zero-order chi connectivity index (χ0) is 98.0. The Morgan fingerprint density at radius 2 is 0.217 bits per heavy atom. The van der Waals surface area contributed by atoms with E-state index in [1.54, 1.807) is 72.8 Å². The highest BCUT2D eigenvalue weighted by Gasteiger charge is 2.45. The van der Waals surface area contributed by atoms with Crippen LogP contribution in [0.1, 0.15) is 561 Å². The molecule has 0 N–H and O–H groups in total. The average molecular weight is 1890 g/mol. The fourth-order valence-corrected chi connectivity index (χ4v) is 19.2. The van der Waals surface area contributed by atoms with Crippen molar-refractivity contribution in [1.82, 2.24) is 0 Å². The lowest BCUT2D eigenvalue weighted by molar-refractivity contribution is 0.0635. The smallest absolute Gasteiger partial charge is 0.345 e. The molecule has 0 aliphatic heterocycles. The maximum Gasteiger partial charge on any atom is 0.345 e. The molecule has 0 radical (unpaired) electrons. The van der Waals surface area contributed by atoms with Crippen LogP contribution in [0.2, 0.25) is 0 Å². The molecule has 0 bridgehead atoms. The Hall–Kier alpha value is -8.64. The second-order valence-corrected chi connectivity index (χ2v) is 40.2. The lowest BCUT2D eigenvalue weighted by atomic mass is 9.85. The number of benzene rings is 7. The predicted molar refractivity (Wildman–Crippen MR) is 576 cm³/mol. The first-order chi connectivity index (χ1) is 67.9. The summed E-state index contributed by atoms with van der Waals surface area (Å²) >= 11 is 0. The fourth-order valence-electron chi connectivity index (χ4n) is 19.2. The van der Waals surface area contributed by atoms with E-state index in [9.17, 15) is 0 Å². The van der Waals surface area contributed by atoms with Gasteiger partial charge in [-0.05, 0) is 183 Å². The third-order valence-corrected chi connectivity index (χ3v) is 27.9. The average Bonchev–Trinajstić information content (AvgIpc) is 0.723. The number of carbonyl (C=O) groups is 6. The van der Waals surface area contributed by atoms with E-state index in [0.29, 0.717) is 0 Å². The maximum atomic E-state index is 16.5. The molecule has 0 aliphatic carbocycles. The molecule has 138 heavy (non-hydrogen) atoms. The van der Waals surface area contributed by atoms with E-state index >= 15 is 28.8 Å². The van der Waals surface area contributed by atoms with Crippen LogP contribution in [0, 0.1) is 0 Å². The van der Waals surface area contributed by atoms with Gasteiger partial charge in [-0.1, -0.05) is 500 Å². The Morgan fingerprint density at radius 3 is 0.312 bits per heavy atom. The zero-order valence-corrected chi connectivity index (χ0v) is 87.7. The van der Waals surface area contributed by atoms with Crippen LogP contribution >= 0.6 is 0 Å². The molecule has 0 unspecified atom stereocenters. The summed E-state index contributed by atoms with van der Waals surface area (Å²) in [6.07, 6.45) is 84.5. The highest BCUT2D eigenvalue weighted by molar-refractivity contribution is 6.25. The lowest BCUT2D eigenvalue weighted by Crippen LogP contribution is -2.34. The second kappa shape index (κ2) is 76.1. The molecule has 0 aliphatic rings. The number of ether oxygens (including phenoxy) is 6. The number of unbranched alkanes of at least 4 members (excludes halogenated alkanes) is 60. The molecule has 7 aromatic carbocycles. The number of carbonyl (C=O) groups excluding carboxylic acids is 6. The molecule has 0 fully saturated rings. The van der Waals surface area contributed by atoms with Crippen molar-refractivity contribution in [2.75, 3.05) is 0 Å². The van der Waals surface area contributed by atoms with Crippen molar-refractivity contribution in [3.8, 4) is 34.5 Å². The number of aryl methyl sites for hydroxylation is 6. The Bertz CT molecular complexity index is 3590. The molecule has 7 aromatic rings. The minimum Gasteiger partial charge on any atom is -0.423 e. The van der Waals surface area contributed by atoms with E-state index in [4.69, 9.17) is 28.4 Å². The Kier molecular flexibility index (Phi) is 64.2. The van der Waals surface area contributed by atoms with Gasteiger partial charge in [0.05, 0.1) is 33.4 Å². The van der Waals surface area contributed by atoms with Crippen molar-refractivity contribution < 1.29 is 57.2 Å². The Labute approximate surface area is 838 Å². The van der Waals surface area contributed by atoms with Gasteiger partial charge < -0.3 is 28.4 Å². The summed E-state index contributed by atoms with van der Waals surface area (Å²) in [7, 11) is 0. The van der Waals surface area contributed by atoms with E-state index in [-0.39, 0.29) is 34.5 Å². The molecular weight excluding hydrogens is 1710 g/mol. The summed E-state index contributed by atoms with van der Waals surface area (Å²) in [5.74, 6) is -8.00. The fraction of sp³-hybridized carbons (Fsp3) is 0.619. The highest BCUT2D eigenvalue weighted by Crippen LogP contribution is 2.38. The molecule has 0 aromatic heterocycles. The standard InChI is InChI=1S/C126H186O12/c1-7-13-19-25-31-37-43-49-55-61-67-73-103-79-91-109(92-80-103)133-121(127)115-116(122(128)134-110-93-81-104(82-94-110)74-68-62-56-50-44-38-32-26-20-14-8-2)118(124(130)136-112-97-85-106(86-98-112)76-70-64-58-52-46-40-34-28-22-16-10-4)120(126(132)138-114-101-89-108(90-102-114)78-72-66-60-54-48-42-36-30-24-18-12-6)119(125(131)137-113-99-87-107(88-100-113)77-71-65-59-53-47-41-35-29-23-17-11-5)117(115)123(129)135-111-95-83-105(84-96-111)75-69-63-57-51-45-39-33-27-21-15-9-3/h79-102H,7-78H2,1-6H3. The molecule has 0 amide bonds. The van der Waals surface area contributed by atoms with Crippen molar-refractivity contribution in [2.24, 2.45) is 0 Å². The Morgan fingerprint density at radius 1 is 0.130 bits per heavy atom. The number of hydrogen-bond donors (Lipinski definition) is 0. The van der Waals surface area contributed by atoms with Gasteiger partial charge in [-0.3, -0.25) is 0 Å². The highest BCUT2D eigenvalue weighted by atomic mass is 16.6. The normalized spacial score (nSPS) is 11.3. The number of hydrogen-bond acceptors (Lipinski definition) is 12. The number of rotatable bonds is 84. The minimum absolute atomic E-state index is 0.0216. The first-order valence-electron chi connectivity index (χ1n) is 57.0. The zero-order valence-electron chi connectivity index (χ0n) is 87.7. The van der Waals surface area contributed by atoms with Gasteiger partial charge in [0, 0.05) is 0 Å². The molecule has 12 nitrogen and oxygen atoms in total. The quantitative estimate of drug-likeness (QED) is 0.0202.